The second-order valence-corrected chi connectivity index (χ2v) is 7.01. The normalized spacial score (nSPS) is 10.2. The van der Waals surface area contributed by atoms with Crippen LogP contribution in [-0.4, -0.2) is 19.0 Å². The van der Waals surface area contributed by atoms with Gasteiger partial charge in [0.15, 0.2) is 0 Å². The number of hydrogen-bond donors (Lipinski definition) is 1. The number of carbonyl (C=O) groups is 2. The number of unbranched alkanes of at least 4 members (excludes halogenated alkanes) is 3. The fourth-order valence-electron chi connectivity index (χ4n) is 3.20. The number of carbonyl (C=O) groups excluding carboxylic acids is 2. The second-order valence-electron chi connectivity index (χ2n) is 7.01. The molecule has 152 valence electrons. The first kappa shape index (κ1) is 21.1. The Morgan fingerprint density at radius 3 is 2.50 bits per heavy atom. The minimum absolute atomic E-state index is 0.103. The third-order valence-electron chi connectivity index (χ3n) is 4.79. The number of nitrogens with one attached hydrogen (secondary N) is 1. The van der Waals surface area contributed by atoms with E-state index in [0.717, 1.165) is 31.2 Å². The van der Waals surface area contributed by atoms with Crippen LogP contribution in [0, 0.1) is 11.8 Å². The van der Waals surface area contributed by atoms with Crippen molar-refractivity contribution in [3.63, 3.8) is 0 Å². The minimum Gasteiger partial charge on any atom is -0.465 e. The number of para-hydroxylation sites is 1. The molecule has 0 spiro atoms. The van der Waals surface area contributed by atoms with Gasteiger partial charge in [-0.05, 0) is 47.9 Å². The lowest BCUT2D eigenvalue weighted by atomic mass is 10.1. The first-order valence-corrected chi connectivity index (χ1v) is 10.1. The van der Waals surface area contributed by atoms with Crippen LogP contribution < -0.4 is 5.32 Å². The van der Waals surface area contributed by atoms with E-state index < -0.39 is 5.97 Å². The number of amides is 1. The smallest absolute Gasteiger partial charge is 0.339 e. The van der Waals surface area contributed by atoms with Crippen molar-refractivity contribution in [2.45, 2.75) is 32.1 Å². The topological polar surface area (TPSA) is 55.4 Å². The van der Waals surface area contributed by atoms with Crippen LogP contribution in [0.1, 0.15) is 48.0 Å². The van der Waals surface area contributed by atoms with Gasteiger partial charge >= 0.3 is 5.97 Å². The van der Waals surface area contributed by atoms with Crippen molar-refractivity contribution < 1.29 is 14.3 Å². The first-order valence-electron chi connectivity index (χ1n) is 10.1. The number of hydrogen-bond acceptors (Lipinski definition) is 3. The number of fused-ring (bicyclic) bond motifs is 1. The molecule has 1 amide bonds. The summed E-state index contributed by atoms with van der Waals surface area (Å²) < 4.78 is 4.74. The summed E-state index contributed by atoms with van der Waals surface area (Å²) in [5.41, 5.74) is 1.87. The van der Waals surface area contributed by atoms with E-state index in [1.165, 1.54) is 17.9 Å². The molecule has 4 nitrogen and oxygen atoms in total. The maximum absolute atomic E-state index is 12.2. The molecular weight excluding hydrogens is 374 g/mol. The molecule has 0 unspecified atom stereocenters. The van der Waals surface area contributed by atoms with Crippen LogP contribution in [0.3, 0.4) is 0 Å². The number of ether oxygens (including phenoxy) is 1. The molecule has 30 heavy (non-hydrogen) atoms. The van der Waals surface area contributed by atoms with Crippen molar-refractivity contribution in [1.29, 1.82) is 0 Å². The van der Waals surface area contributed by atoms with E-state index in [9.17, 15) is 9.59 Å². The molecule has 0 aromatic heterocycles. The Balaban J connectivity index is 1.39. The number of methoxy groups -OCH3 is 1. The maximum Gasteiger partial charge on any atom is 0.339 e. The first-order chi connectivity index (χ1) is 14.7. The third-order valence-corrected chi connectivity index (χ3v) is 4.79. The molecule has 0 aliphatic carbocycles. The Bertz CT molecular complexity index is 1090. The predicted molar refractivity (Wildman–Crippen MR) is 120 cm³/mol. The van der Waals surface area contributed by atoms with Gasteiger partial charge in [0, 0.05) is 18.4 Å². The van der Waals surface area contributed by atoms with Crippen LogP contribution in [0.5, 0.6) is 0 Å². The average molecular weight is 399 g/mol. The van der Waals surface area contributed by atoms with Gasteiger partial charge in [-0.1, -0.05) is 60.7 Å². The summed E-state index contributed by atoms with van der Waals surface area (Å²) in [5, 5.41) is 5.21. The second kappa shape index (κ2) is 10.8. The summed E-state index contributed by atoms with van der Waals surface area (Å²) in [7, 11) is 1.32. The maximum atomic E-state index is 12.2. The monoisotopic (exact) mass is 399 g/mol. The molecule has 0 heterocycles. The van der Waals surface area contributed by atoms with Crippen LogP contribution in [0.25, 0.3) is 10.8 Å². The fraction of sp³-hybridized carbons (Fsp3) is 0.231. The number of rotatable bonds is 7. The number of benzene rings is 3. The molecule has 3 aromatic carbocycles. The molecule has 0 radical (unpaired) electrons. The van der Waals surface area contributed by atoms with Crippen LogP contribution in [0.4, 0.5) is 5.69 Å². The van der Waals surface area contributed by atoms with Crippen molar-refractivity contribution in [2.75, 3.05) is 12.4 Å². The zero-order chi connectivity index (χ0) is 21.2. The van der Waals surface area contributed by atoms with E-state index in [1.54, 1.807) is 24.3 Å². The van der Waals surface area contributed by atoms with E-state index in [2.05, 4.69) is 41.4 Å². The Morgan fingerprint density at radius 2 is 1.67 bits per heavy atom. The zero-order valence-corrected chi connectivity index (χ0v) is 17.1. The molecular formula is C26H25NO3. The highest BCUT2D eigenvalue weighted by Crippen LogP contribution is 2.17. The predicted octanol–water partition coefficient (Wildman–Crippen LogP) is 5.57. The average Bonchev–Trinajstić information content (AvgIpc) is 2.78. The van der Waals surface area contributed by atoms with Gasteiger partial charge in [0.2, 0.25) is 5.91 Å². The van der Waals surface area contributed by atoms with Gasteiger partial charge in [-0.2, -0.15) is 0 Å². The summed E-state index contributed by atoms with van der Waals surface area (Å²) in [6.07, 6.45) is 3.88. The Labute approximate surface area is 177 Å². The molecule has 0 aliphatic rings. The van der Waals surface area contributed by atoms with Gasteiger partial charge in [-0.15, -0.1) is 0 Å². The molecule has 0 atom stereocenters. The van der Waals surface area contributed by atoms with Crippen LogP contribution in [-0.2, 0) is 9.53 Å². The van der Waals surface area contributed by atoms with Gasteiger partial charge in [-0.25, -0.2) is 4.79 Å². The lowest BCUT2D eigenvalue weighted by Crippen LogP contribution is -2.14. The summed E-state index contributed by atoms with van der Waals surface area (Å²) in [6, 6.07) is 21.3. The summed E-state index contributed by atoms with van der Waals surface area (Å²) in [6.45, 7) is 0. The quantitative estimate of drug-likeness (QED) is 0.321. The molecule has 0 saturated heterocycles. The van der Waals surface area contributed by atoms with Crippen molar-refractivity contribution in [3.05, 3.63) is 77.9 Å². The Hall–Kier alpha value is -3.58. The highest BCUT2D eigenvalue weighted by atomic mass is 16.5. The number of esters is 1. The van der Waals surface area contributed by atoms with Gasteiger partial charge in [0.05, 0.1) is 18.4 Å². The highest BCUT2D eigenvalue weighted by molar-refractivity contribution is 6.01. The Kier molecular flexibility index (Phi) is 7.63. The molecule has 3 aromatic rings. The standard InChI is InChI=1S/C26H25NO3/c1-30-26(29)23-14-9-10-15-24(23)27-25(28)16-6-4-2-3-5-11-20-17-18-21-12-7-8-13-22(21)19-20/h7-10,12-15,17-19H,2-4,6,16H2,1H3,(H,27,28). The Morgan fingerprint density at radius 1 is 0.900 bits per heavy atom. The number of anilines is 1. The molecule has 4 heteroatoms. The summed E-state index contributed by atoms with van der Waals surface area (Å²) in [4.78, 5) is 23.9. The highest BCUT2D eigenvalue weighted by Gasteiger charge is 2.12. The lowest BCUT2D eigenvalue weighted by molar-refractivity contribution is -0.116. The van der Waals surface area contributed by atoms with Gasteiger partial charge in [0.1, 0.15) is 0 Å². The van der Waals surface area contributed by atoms with Gasteiger partial charge < -0.3 is 10.1 Å². The molecule has 0 fully saturated rings. The van der Waals surface area contributed by atoms with Crippen LogP contribution in [0.2, 0.25) is 0 Å². The van der Waals surface area contributed by atoms with Crippen molar-refractivity contribution in [3.8, 4) is 11.8 Å². The minimum atomic E-state index is -0.462. The van der Waals surface area contributed by atoms with Gasteiger partial charge in [-0.3, -0.25) is 4.79 Å². The van der Waals surface area contributed by atoms with Gasteiger partial charge in [0.25, 0.3) is 0 Å². The SMILES string of the molecule is COC(=O)c1ccccc1NC(=O)CCCCCC#Cc1ccc2ccccc2c1. The fourth-order valence-corrected chi connectivity index (χ4v) is 3.20. The van der Waals surface area contributed by atoms with E-state index >= 15 is 0 Å². The molecule has 1 N–H and O–H groups in total. The zero-order valence-electron chi connectivity index (χ0n) is 17.1. The largest absolute Gasteiger partial charge is 0.465 e. The van der Waals surface area contributed by atoms with Crippen molar-refractivity contribution >= 4 is 28.3 Å². The third kappa shape index (κ3) is 5.96. The summed E-state index contributed by atoms with van der Waals surface area (Å²) in [5.74, 6) is 5.87. The lowest BCUT2D eigenvalue weighted by Gasteiger charge is -2.09. The van der Waals surface area contributed by atoms with Crippen LogP contribution >= 0.6 is 0 Å². The molecule has 0 aliphatic heterocycles. The van der Waals surface area contributed by atoms with Crippen LogP contribution in [0.15, 0.2) is 66.7 Å². The molecule has 3 rings (SSSR count). The molecule has 0 bridgehead atoms. The van der Waals surface area contributed by atoms with E-state index in [1.807, 2.05) is 18.2 Å². The van der Waals surface area contributed by atoms with E-state index in [-0.39, 0.29) is 5.91 Å². The van der Waals surface area contributed by atoms with E-state index in [0.29, 0.717) is 17.7 Å². The summed E-state index contributed by atoms with van der Waals surface area (Å²) >= 11 is 0. The van der Waals surface area contributed by atoms with E-state index in [4.69, 9.17) is 4.74 Å². The van der Waals surface area contributed by atoms with Crippen molar-refractivity contribution in [2.24, 2.45) is 0 Å². The molecule has 0 saturated carbocycles. The van der Waals surface area contributed by atoms with Crippen molar-refractivity contribution in [1.82, 2.24) is 0 Å².